The minimum Gasteiger partial charge on any atom is -0.463 e. The molecule has 5 unspecified atom stereocenters. The molecule has 0 aromatic heterocycles. The van der Waals surface area contributed by atoms with Crippen molar-refractivity contribution < 1.29 is 75.8 Å². The summed E-state index contributed by atoms with van der Waals surface area (Å²) in [5.74, 6) is -1.67. The highest BCUT2D eigenvalue weighted by Gasteiger charge is 2.29. The molecule has 0 saturated carbocycles. The van der Waals surface area contributed by atoms with Crippen LogP contribution in [0.5, 0.6) is 0 Å². The summed E-state index contributed by atoms with van der Waals surface area (Å²) in [5, 5.41) is 20.6. The molecule has 0 aliphatic rings. The molecule has 5 atom stereocenters. The monoisotopic (exact) mass is 1340 g/mol. The fraction of sp³-hybridized carbons (Fsp3) is 0.640. The number of aliphatic hydroxyl groups excluding tert-OH is 2. The summed E-state index contributed by atoms with van der Waals surface area (Å²) in [4.78, 5) is 58.4. The predicted octanol–water partition coefficient (Wildman–Crippen LogP) is 19.8. The molecule has 0 aromatic rings. The minimum atomic E-state index is -4.94. The molecule has 0 radical (unpaired) electrons. The lowest BCUT2D eigenvalue weighted by Gasteiger charge is -2.21. The van der Waals surface area contributed by atoms with Gasteiger partial charge in [-0.25, -0.2) is 9.13 Å². The molecule has 18 heteroatoms. The summed E-state index contributed by atoms with van der Waals surface area (Å²) in [6.45, 7) is 2.32. The Morgan fingerprint density at radius 2 is 0.581 bits per heavy atom. The van der Waals surface area contributed by atoms with E-state index in [1.54, 1.807) is 0 Å². The van der Waals surface area contributed by atoms with Gasteiger partial charge in [0.15, 0.2) is 6.10 Å². The Kier molecular flexibility index (Phi) is 64.1. The van der Waals surface area contributed by atoms with E-state index in [1.807, 2.05) is 12.2 Å². The van der Waals surface area contributed by atoms with Crippen molar-refractivity contribution in [3.8, 4) is 0 Å². The number of carbonyl (C=O) groups is 3. The number of phosphoric acid groups is 2. The summed E-state index contributed by atoms with van der Waals surface area (Å²) in [6.07, 6.45) is 80.5. The Balaban J connectivity index is 4.67. The quantitative estimate of drug-likeness (QED) is 0.0146. The lowest BCUT2D eigenvalue weighted by Crippen LogP contribution is -2.30. The number of carbonyl (C=O) groups excluding carboxylic acids is 3. The first kappa shape index (κ1) is 88.4. The standard InChI is InChI=1S/C75H124O16P2/c1-4-7-10-13-16-19-22-25-28-30-31-32-33-34-35-36-37-39-42-43-46-49-52-55-58-61-73(78)85-64-70(76)65-87-92(81,82)88-66-71(77)67-89-93(83,84)90-69-72(91-75(80)63-60-57-54-51-48-45-40-27-24-21-18-15-12-9-6-3)68-86-74(79)62-59-56-53-50-47-44-41-38-29-26-23-20-17-14-11-8-5-2/h7-8,10-11,16-17,19-20,25-29,31-32,34-35,37,39-41,44,50,53,70-72,76-77H,4-6,9,12-15,18,21-24,30,33,36,38,42-43,45-49,51-52,54-69H2,1-3H3,(H,81,82)(H,83,84)/b10-7-,11-8-,19-16-,20-17-,28-25-,29-26-,32-31-,35-34-,39-37-,40-27-,44-41-,53-50-. The molecule has 0 amide bonds. The molecule has 0 heterocycles. The molecular formula is C75H124O16P2. The molecule has 0 aliphatic carbocycles. The molecule has 0 saturated heterocycles. The first-order valence-corrected chi connectivity index (χ1v) is 38.1. The average molecular weight is 1340 g/mol. The largest absolute Gasteiger partial charge is 0.472 e. The highest BCUT2D eigenvalue weighted by molar-refractivity contribution is 7.47. The molecule has 16 nitrogen and oxygen atoms in total. The van der Waals surface area contributed by atoms with Crippen LogP contribution in [0.1, 0.15) is 252 Å². The second-order valence-electron chi connectivity index (χ2n) is 22.9. The van der Waals surface area contributed by atoms with Gasteiger partial charge in [-0.2, -0.15) is 0 Å². The minimum absolute atomic E-state index is 0.0783. The molecule has 0 spiro atoms. The van der Waals surface area contributed by atoms with E-state index >= 15 is 0 Å². The van der Waals surface area contributed by atoms with Crippen LogP contribution < -0.4 is 0 Å². The zero-order valence-corrected chi connectivity index (χ0v) is 59.2. The van der Waals surface area contributed by atoms with Crippen LogP contribution in [0.25, 0.3) is 0 Å². The second kappa shape index (κ2) is 67.4. The van der Waals surface area contributed by atoms with Crippen LogP contribution >= 0.6 is 15.6 Å². The van der Waals surface area contributed by atoms with Gasteiger partial charge < -0.3 is 34.2 Å². The van der Waals surface area contributed by atoms with Gasteiger partial charge >= 0.3 is 33.6 Å². The fourth-order valence-electron chi connectivity index (χ4n) is 8.72. The number of hydrogen-bond donors (Lipinski definition) is 4. The Hall–Kier alpha value is -4.57. The van der Waals surface area contributed by atoms with Crippen molar-refractivity contribution >= 4 is 33.6 Å². The van der Waals surface area contributed by atoms with Crippen molar-refractivity contribution in [2.45, 2.75) is 270 Å². The van der Waals surface area contributed by atoms with Crippen LogP contribution in [0.15, 0.2) is 146 Å². The molecule has 0 aromatic carbocycles. The Labute approximate surface area is 562 Å². The van der Waals surface area contributed by atoms with Crippen molar-refractivity contribution in [2.75, 3.05) is 39.6 Å². The SMILES string of the molecule is CC/C=C\C/C=C\C/C=C\C/C=C\C/C=C\C/C=C\CCCCCCCCC(=O)OCC(O)COP(=O)(O)OCC(O)COP(=O)(O)OCC(COC(=O)CCC/C=C\C/C=C\C/C=C\C/C=C\C/C=C\CC)OC(=O)CCCCCCC/C=C\CCCCCCCC. The summed E-state index contributed by atoms with van der Waals surface area (Å²) in [7, 11) is -9.81. The molecule has 0 rings (SSSR count). The van der Waals surface area contributed by atoms with Gasteiger partial charge in [0, 0.05) is 19.3 Å². The lowest BCUT2D eigenvalue weighted by atomic mass is 10.1. The van der Waals surface area contributed by atoms with Crippen LogP contribution in [0.2, 0.25) is 0 Å². The first-order chi connectivity index (χ1) is 45.2. The third-order valence-electron chi connectivity index (χ3n) is 14.0. The molecule has 0 fully saturated rings. The van der Waals surface area contributed by atoms with Gasteiger partial charge in [0.05, 0.1) is 26.4 Å². The lowest BCUT2D eigenvalue weighted by molar-refractivity contribution is -0.161. The zero-order valence-electron chi connectivity index (χ0n) is 57.4. The van der Waals surface area contributed by atoms with Gasteiger partial charge in [-0.1, -0.05) is 244 Å². The number of hydrogen-bond acceptors (Lipinski definition) is 14. The average Bonchev–Trinajstić information content (AvgIpc) is 2.84. The maximum Gasteiger partial charge on any atom is 0.472 e. The van der Waals surface area contributed by atoms with Gasteiger partial charge in [-0.05, 0) is 135 Å². The fourth-order valence-corrected chi connectivity index (χ4v) is 10.3. The summed E-state index contributed by atoms with van der Waals surface area (Å²) >= 11 is 0. The second-order valence-corrected chi connectivity index (χ2v) is 25.8. The number of ether oxygens (including phenoxy) is 3. The van der Waals surface area contributed by atoms with Crippen molar-refractivity contribution in [3.63, 3.8) is 0 Å². The first-order valence-electron chi connectivity index (χ1n) is 35.1. The maximum absolute atomic E-state index is 12.9. The van der Waals surface area contributed by atoms with E-state index < -0.39 is 91.5 Å². The molecule has 0 bridgehead atoms. The number of esters is 3. The van der Waals surface area contributed by atoms with Crippen molar-refractivity contribution in [1.29, 1.82) is 0 Å². The van der Waals surface area contributed by atoms with Gasteiger partial charge in [-0.3, -0.25) is 32.5 Å². The van der Waals surface area contributed by atoms with Gasteiger partial charge in [-0.15, -0.1) is 0 Å². The van der Waals surface area contributed by atoms with Gasteiger partial charge in [0.25, 0.3) is 0 Å². The molecule has 93 heavy (non-hydrogen) atoms. The molecule has 530 valence electrons. The van der Waals surface area contributed by atoms with E-state index in [-0.39, 0.29) is 19.3 Å². The summed E-state index contributed by atoms with van der Waals surface area (Å²) < 4.78 is 60.8. The van der Waals surface area contributed by atoms with Crippen molar-refractivity contribution in [3.05, 3.63) is 146 Å². The Bertz CT molecular complexity index is 2280. The topological polar surface area (TPSA) is 231 Å². The van der Waals surface area contributed by atoms with Crippen LogP contribution in [-0.4, -0.2) is 95.9 Å². The van der Waals surface area contributed by atoms with Crippen LogP contribution in [0.3, 0.4) is 0 Å². The highest BCUT2D eigenvalue weighted by Crippen LogP contribution is 2.45. The van der Waals surface area contributed by atoms with E-state index in [0.29, 0.717) is 25.7 Å². The number of aliphatic hydroxyl groups is 2. The normalized spacial score (nSPS) is 15.0. The van der Waals surface area contributed by atoms with Crippen LogP contribution in [0.4, 0.5) is 0 Å². The smallest absolute Gasteiger partial charge is 0.463 e. The zero-order chi connectivity index (χ0) is 68.1. The summed E-state index contributed by atoms with van der Waals surface area (Å²) in [5.41, 5.74) is 0. The van der Waals surface area contributed by atoms with E-state index in [4.69, 9.17) is 32.3 Å². The number of allylic oxidation sites excluding steroid dienone is 24. The van der Waals surface area contributed by atoms with Crippen LogP contribution in [-0.2, 0) is 55.8 Å². The Morgan fingerprint density at radius 1 is 0.312 bits per heavy atom. The van der Waals surface area contributed by atoms with E-state index in [1.165, 1.54) is 38.5 Å². The number of rotatable bonds is 65. The van der Waals surface area contributed by atoms with E-state index in [2.05, 4.69) is 154 Å². The van der Waals surface area contributed by atoms with E-state index in [0.717, 1.165) is 148 Å². The Morgan fingerprint density at radius 3 is 0.957 bits per heavy atom. The van der Waals surface area contributed by atoms with Gasteiger partial charge in [0.2, 0.25) is 0 Å². The summed E-state index contributed by atoms with van der Waals surface area (Å²) in [6, 6.07) is 0. The molecular weight excluding hydrogens is 1220 g/mol. The van der Waals surface area contributed by atoms with E-state index in [9.17, 15) is 43.5 Å². The third kappa shape index (κ3) is 68.6. The van der Waals surface area contributed by atoms with Crippen molar-refractivity contribution in [2.24, 2.45) is 0 Å². The third-order valence-corrected chi connectivity index (χ3v) is 15.9. The maximum atomic E-state index is 12.9. The number of phosphoric ester groups is 2. The molecule has 0 aliphatic heterocycles. The van der Waals surface area contributed by atoms with Gasteiger partial charge in [0.1, 0.15) is 25.4 Å². The molecule has 4 N–H and O–H groups in total. The number of unbranched alkanes of at least 4 members (excludes halogenated alkanes) is 18. The van der Waals surface area contributed by atoms with Crippen molar-refractivity contribution in [1.82, 2.24) is 0 Å². The predicted molar refractivity (Wildman–Crippen MR) is 380 cm³/mol. The van der Waals surface area contributed by atoms with Crippen LogP contribution in [0, 0.1) is 0 Å². The highest BCUT2D eigenvalue weighted by atomic mass is 31.2.